The van der Waals surface area contributed by atoms with Crippen molar-refractivity contribution in [2.75, 3.05) is 19.4 Å². The molecule has 0 saturated heterocycles. The number of amides is 3. The van der Waals surface area contributed by atoms with E-state index in [9.17, 15) is 14.4 Å². The van der Waals surface area contributed by atoms with Crippen molar-refractivity contribution in [3.63, 3.8) is 0 Å². The third kappa shape index (κ3) is 15.4. The second-order valence-electron chi connectivity index (χ2n) is 9.39. The fraction of sp³-hybridized carbons (Fsp3) is 0.531. The van der Waals surface area contributed by atoms with Gasteiger partial charge < -0.3 is 15.5 Å². The zero-order valence-electron chi connectivity index (χ0n) is 25.1. The van der Waals surface area contributed by atoms with Crippen molar-refractivity contribution in [2.45, 2.75) is 92.0 Å². The van der Waals surface area contributed by atoms with E-state index in [0.717, 1.165) is 50.0 Å². The topological polar surface area (TPSA) is 78.5 Å². The van der Waals surface area contributed by atoms with Gasteiger partial charge in [0.05, 0.1) is 0 Å². The van der Waals surface area contributed by atoms with Crippen molar-refractivity contribution < 1.29 is 14.4 Å². The highest BCUT2D eigenvalue weighted by Crippen LogP contribution is 2.19. The Labute approximate surface area is 241 Å². The van der Waals surface area contributed by atoms with Gasteiger partial charge in [0.2, 0.25) is 11.8 Å². The van der Waals surface area contributed by atoms with Crippen molar-refractivity contribution in [1.29, 1.82) is 0 Å². The molecule has 0 aliphatic rings. The SMILES string of the molecule is CC.CCCCC(NC(=O)c1cccc(NC(=O)[C@@H](CCC)CCCC)c1)C(=O)N(C)C.Clc1ccccc1. The van der Waals surface area contributed by atoms with Gasteiger partial charge in [0.25, 0.3) is 5.91 Å². The quantitative estimate of drug-likeness (QED) is 0.261. The second-order valence-corrected chi connectivity index (χ2v) is 9.83. The molecule has 0 saturated carbocycles. The number of carbonyl (C=O) groups excluding carboxylic acids is 3. The number of hydrogen-bond acceptors (Lipinski definition) is 3. The Kier molecular flexibility index (Phi) is 20.4. The Morgan fingerprint density at radius 1 is 0.821 bits per heavy atom. The van der Waals surface area contributed by atoms with Crippen LogP contribution in [-0.4, -0.2) is 42.8 Å². The molecule has 0 heterocycles. The van der Waals surface area contributed by atoms with Gasteiger partial charge in [-0.25, -0.2) is 0 Å². The number of halogens is 1. The Hall–Kier alpha value is -2.86. The first-order valence-electron chi connectivity index (χ1n) is 14.4. The summed E-state index contributed by atoms with van der Waals surface area (Å²) in [5.41, 5.74) is 1.04. The van der Waals surface area contributed by atoms with Crippen LogP contribution in [-0.2, 0) is 9.59 Å². The number of unbranched alkanes of at least 4 members (excludes halogenated alkanes) is 2. The van der Waals surface area contributed by atoms with E-state index < -0.39 is 6.04 Å². The van der Waals surface area contributed by atoms with Crippen molar-refractivity contribution in [2.24, 2.45) is 5.92 Å². The lowest BCUT2D eigenvalue weighted by atomic mass is 9.96. The molecule has 2 rings (SSSR count). The van der Waals surface area contributed by atoms with Gasteiger partial charge in [0.15, 0.2) is 0 Å². The minimum Gasteiger partial charge on any atom is -0.347 e. The number of likely N-dealkylation sites (N-methyl/N-ethyl adjacent to an activating group) is 1. The molecule has 0 spiro atoms. The van der Waals surface area contributed by atoms with Gasteiger partial charge in [-0.3, -0.25) is 14.4 Å². The minimum atomic E-state index is -0.548. The molecule has 7 heteroatoms. The van der Waals surface area contributed by atoms with E-state index in [1.807, 2.05) is 44.2 Å². The standard InChI is InChI=1S/C24H39N3O3.C6H5Cl.C2H6/c1-6-9-13-18(12-8-3)22(28)25-20-15-11-14-19(17-20)23(29)26-21(16-10-7-2)24(30)27(4)5;7-6-4-2-1-3-5-6;1-2/h11,14-15,17-18,21H,6-10,12-13,16H2,1-5H3,(H,25,28)(H,26,29);1-5H;1-2H3/t18-,21?;;/m0../s1. The highest BCUT2D eigenvalue weighted by atomic mass is 35.5. The van der Waals surface area contributed by atoms with Crippen LogP contribution in [0.5, 0.6) is 0 Å². The molecule has 1 unspecified atom stereocenters. The Bertz CT molecular complexity index is 951. The van der Waals surface area contributed by atoms with Crippen LogP contribution in [0.15, 0.2) is 54.6 Å². The summed E-state index contributed by atoms with van der Waals surface area (Å²) in [6.07, 6.45) is 7.20. The highest BCUT2D eigenvalue weighted by Gasteiger charge is 2.23. The molecule has 0 aliphatic heterocycles. The molecule has 2 N–H and O–H groups in total. The van der Waals surface area contributed by atoms with Crippen LogP contribution in [0.2, 0.25) is 5.02 Å². The Balaban J connectivity index is 0.00000136. The maximum Gasteiger partial charge on any atom is 0.252 e. The highest BCUT2D eigenvalue weighted by molar-refractivity contribution is 6.30. The van der Waals surface area contributed by atoms with Crippen molar-refractivity contribution in [3.8, 4) is 0 Å². The summed E-state index contributed by atoms with van der Waals surface area (Å²) in [4.78, 5) is 39.4. The van der Waals surface area contributed by atoms with Crippen LogP contribution in [0.4, 0.5) is 5.69 Å². The second kappa shape index (κ2) is 22.0. The Morgan fingerprint density at radius 2 is 1.44 bits per heavy atom. The van der Waals surface area contributed by atoms with Crippen LogP contribution in [0.1, 0.15) is 96.3 Å². The van der Waals surface area contributed by atoms with E-state index in [2.05, 4.69) is 31.4 Å². The summed E-state index contributed by atoms with van der Waals surface area (Å²) in [7, 11) is 3.38. The number of nitrogens with zero attached hydrogens (tertiary/aromatic N) is 1. The number of hydrogen-bond donors (Lipinski definition) is 2. The van der Waals surface area contributed by atoms with Crippen LogP contribution in [0.25, 0.3) is 0 Å². The average Bonchev–Trinajstić information content (AvgIpc) is 2.94. The maximum absolute atomic E-state index is 12.8. The predicted octanol–water partition coefficient (Wildman–Crippen LogP) is 7.97. The Morgan fingerprint density at radius 3 is 1.95 bits per heavy atom. The molecular formula is C32H50ClN3O3. The van der Waals surface area contributed by atoms with Crippen molar-refractivity contribution in [3.05, 3.63) is 65.2 Å². The van der Waals surface area contributed by atoms with Gasteiger partial charge >= 0.3 is 0 Å². The molecule has 0 bridgehead atoms. The van der Waals surface area contributed by atoms with Crippen LogP contribution in [0, 0.1) is 5.92 Å². The molecule has 2 atom stereocenters. The third-order valence-electron chi connectivity index (χ3n) is 5.93. The first kappa shape index (κ1) is 36.1. The van der Waals surface area contributed by atoms with Gasteiger partial charge in [-0.05, 0) is 49.6 Å². The first-order chi connectivity index (χ1) is 18.7. The third-order valence-corrected chi connectivity index (χ3v) is 6.18. The van der Waals surface area contributed by atoms with Crippen LogP contribution in [0.3, 0.4) is 0 Å². The number of nitrogens with one attached hydrogen (secondary N) is 2. The average molecular weight is 560 g/mol. The van der Waals surface area contributed by atoms with Crippen molar-refractivity contribution in [1.82, 2.24) is 10.2 Å². The fourth-order valence-electron chi connectivity index (χ4n) is 3.82. The molecule has 0 aromatic heterocycles. The lowest BCUT2D eigenvalue weighted by Gasteiger charge is -2.22. The summed E-state index contributed by atoms with van der Waals surface area (Å²) >= 11 is 5.54. The molecule has 39 heavy (non-hydrogen) atoms. The summed E-state index contributed by atoms with van der Waals surface area (Å²) in [5.74, 6) is -0.423. The van der Waals surface area contributed by atoms with E-state index in [-0.39, 0.29) is 23.6 Å². The lowest BCUT2D eigenvalue weighted by molar-refractivity contribution is -0.130. The van der Waals surface area contributed by atoms with Crippen LogP contribution < -0.4 is 10.6 Å². The predicted molar refractivity (Wildman–Crippen MR) is 165 cm³/mol. The first-order valence-corrected chi connectivity index (χ1v) is 14.7. The monoisotopic (exact) mass is 559 g/mol. The van der Waals surface area contributed by atoms with Crippen LogP contribution >= 0.6 is 11.6 Å². The maximum atomic E-state index is 12.8. The number of carbonyl (C=O) groups is 3. The van der Waals surface area contributed by atoms with Gasteiger partial charge in [-0.15, -0.1) is 0 Å². The molecular weight excluding hydrogens is 510 g/mol. The largest absolute Gasteiger partial charge is 0.347 e. The molecule has 6 nitrogen and oxygen atoms in total. The summed E-state index contributed by atoms with van der Waals surface area (Å²) in [6.45, 7) is 10.3. The molecule has 2 aromatic rings. The number of benzene rings is 2. The van der Waals surface area contributed by atoms with E-state index >= 15 is 0 Å². The fourth-order valence-corrected chi connectivity index (χ4v) is 3.97. The number of rotatable bonds is 13. The zero-order valence-corrected chi connectivity index (χ0v) is 25.8. The number of anilines is 1. The molecule has 0 radical (unpaired) electrons. The van der Waals surface area contributed by atoms with E-state index in [0.29, 0.717) is 17.7 Å². The van der Waals surface area contributed by atoms with E-state index in [4.69, 9.17) is 11.6 Å². The normalized spacial score (nSPS) is 11.5. The summed E-state index contributed by atoms with van der Waals surface area (Å²) < 4.78 is 0. The molecule has 0 aliphatic carbocycles. The smallest absolute Gasteiger partial charge is 0.252 e. The molecule has 218 valence electrons. The van der Waals surface area contributed by atoms with Gasteiger partial charge in [-0.1, -0.05) is 103 Å². The van der Waals surface area contributed by atoms with Gasteiger partial charge in [-0.2, -0.15) is 0 Å². The van der Waals surface area contributed by atoms with Crippen molar-refractivity contribution >= 4 is 35.0 Å². The van der Waals surface area contributed by atoms with Gasteiger partial charge in [0, 0.05) is 36.3 Å². The van der Waals surface area contributed by atoms with E-state index in [1.165, 1.54) is 4.90 Å². The van der Waals surface area contributed by atoms with E-state index in [1.54, 1.807) is 38.4 Å². The molecule has 3 amide bonds. The zero-order chi connectivity index (χ0) is 29.6. The summed E-state index contributed by atoms with van der Waals surface area (Å²) in [6, 6.07) is 15.8. The van der Waals surface area contributed by atoms with Gasteiger partial charge in [0.1, 0.15) is 6.04 Å². The lowest BCUT2D eigenvalue weighted by Crippen LogP contribution is -2.46. The molecule has 2 aromatic carbocycles. The minimum absolute atomic E-state index is 0.00599. The summed E-state index contributed by atoms with van der Waals surface area (Å²) in [5, 5.41) is 6.62. The molecule has 0 fully saturated rings.